The Balaban J connectivity index is 1.81. The van der Waals surface area contributed by atoms with E-state index in [9.17, 15) is 19.2 Å². The zero-order chi connectivity index (χ0) is 18.2. The molecule has 0 saturated heterocycles. The molecule has 0 spiro atoms. The van der Waals surface area contributed by atoms with Gasteiger partial charge in [-0.15, -0.1) is 0 Å². The third kappa shape index (κ3) is 6.21. The Kier molecular flexibility index (Phi) is 6.97. The average Bonchev–Trinajstić information content (AvgIpc) is 2.58. The molecule has 7 heteroatoms. The number of benzene rings is 2. The lowest BCUT2D eigenvalue weighted by molar-refractivity contribution is -0.122. The minimum Gasteiger partial charge on any atom is -0.493 e. The van der Waals surface area contributed by atoms with E-state index in [4.69, 9.17) is 4.74 Å². The standard InChI is InChI=1S/C18H21BFNO4/c1-13-11-15(7-8-16(13)20)25-10-9-18(22)21-17(19(23)24)12-14-5-3-2-4-6-14/h2-8,11,17,23-24H,9-10,12H2,1H3,(H,21,22). The summed E-state index contributed by atoms with van der Waals surface area (Å²) in [5.74, 6) is -0.990. The number of ether oxygens (including phenoxy) is 1. The van der Waals surface area contributed by atoms with Crippen molar-refractivity contribution >= 4 is 13.0 Å². The molecule has 0 radical (unpaired) electrons. The summed E-state index contributed by atoms with van der Waals surface area (Å²) >= 11 is 0. The number of aryl methyl sites for hydroxylation is 1. The van der Waals surface area contributed by atoms with Gasteiger partial charge in [-0.3, -0.25) is 4.79 Å². The molecule has 2 aromatic carbocycles. The molecular weight excluding hydrogens is 324 g/mol. The molecule has 0 saturated carbocycles. The molecule has 25 heavy (non-hydrogen) atoms. The number of hydrogen-bond acceptors (Lipinski definition) is 4. The lowest BCUT2D eigenvalue weighted by Crippen LogP contribution is -2.48. The molecule has 2 rings (SSSR count). The van der Waals surface area contributed by atoms with Crippen LogP contribution in [-0.2, 0) is 11.2 Å². The lowest BCUT2D eigenvalue weighted by atomic mass is 9.76. The summed E-state index contributed by atoms with van der Waals surface area (Å²) in [5, 5.41) is 21.5. The van der Waals surface area contributed by atoms with E-state index in [2.05, 4.69) is 5.32 Å². The van der Waals surface area contributed by atoms with E-state index in [1.807, 2.05) is 30.3 Å². The fourth-order valence-electron chi connectivity index (χ4n) is 2.35. The number of amides is 1. The topological polar surface area (TPSA) is 78.8 Å². The average molecular weight is 345 g/mol. The smallest absolute Gasteiger partial charge is 0.475 e. The summed E-state index contributed by atoms with van der Waals surface area (Å²) in [4.78, 5) is 12.0. The Morgan fingerprint density at radius 3 is 2.60 bits per heavy atom. The van der Waals surface area contributed by atoms with Crippen molar-refractivity contribution in [1.29, 1.82) is 0 Å². The van der Waals surface area contributed by atoms with Crippen LogP contribution < -0.4 is 10.1 Å². The van der Waals surface area contributed by atoms with Gasteiger partial charge >= 0.3 is 7.12 Å². The number of hydrogen-bond donors (Lipinski definition) is 3. The van der Waals surface area contributed by atoms with Crippen LogP contribution in [0.2, 0.25) is 0 Å². The van der Waals surface area contributed by atoms with Gasteiger partial charge in [-0.1, -0.05) is 30.3 Å². The normalized spacial score (nSPS) is 11.7. The van der Waals surface area contributed by atoms with E-state index in [0.717, 1.165) is 5.56 Å². The van der Waals surface area contributed by atoms with Gasteiger partial charge in [-0.2, -0.15) is 0 Å². The van der Waals surface area contributed by atoms with Crippen LogP contribution in [0.4, 0.5) is 4.39 Å². The monoisotopic (exact) mass is 345 g/mol. The minimum atomic E-state index is -1.66. The van der Waals surface area contributed by atoms with Crippen molar-refractivity contribution in [3.8, 4) is 5.75 Å². The van der Waals surface area contributed by atoms with Crippen LogP contribution >= 0.6 is 0 Å². The number of carbonyl (C=O) groups excluding carboxylic acids is 1. The Hall–Kier alpha value is -2.38. The highest BCUT2D eigenvalue weighted by molar-refractivity contribution is 6.43. The first-order valence-corrected chi connectivity index (χ1v) is 8.04. The molecule has 2 aromatic rings. The maximum Gasteiger partial charge on any atom is 0.475 e. The molecule has 3 N–H and O–H groups in total. The van der Waals surface area contributed by atoms with Crippen LogP contribution in [0.5, 0.6) is 5.75 Å². The SMILES string of the molecule is Cc1cc(OCCC(=O)NC(Cc2ccccc2)B(O)O)ccc1F. The maximum absolute atomic E-state index is 13.2. The Morgan fingerprint density at radius 1 is 1.24 bits per heavy atom. The molecule has 0 fully saturated rings. The second kappa shape index (κ2) is 9.20. The molecule has 5 nitrogen and oxygen atoms in total. The summed E-state index contributed by atoms with van der Waals surface area (Å²) in [7, 11) is -1.66. The quantitative estimate of drug-likeness (QED) is 0.636. The highest BCUT2D eigenvalue weighted by Crippen LogP contribution is 2.16. The summed E-state index contributed by atoms with van der Waals surface area (Å²) in [6, 6.07) is 13.6. The second-order valence-electron chi connectivity index (χ2n) is 5.79. The Labute approximate surface area is 146 Å². The van der Waals surface area contributed by atoms with Gasteiger partial charge < -0.3 is 20.1 Å². The van der Waals surface area contributed by atoms with E-state index >= 15 is 0 Å². The van der Waals surface area contributed by atoms with E-state index in [1.54, 1.807) is 13.0 Å². The largest absolute Gasteiger partial charge is 0.493 e. The van der Waals surface area contributed by atoms with Crippen molar-refractivity contribution in [1.82, 2.24) is 5.32 Å². The van der Waals surface area contributed by atoms with Crippen LogP contribution in [0.3, 0.4) is 0 Å². The summed E-state index contributed by atoms with van der Waals surface area (Å²) < 4.78 is 18.6. The zero-order valence-corrected chi connectivity index (χ0v) is 14.0. The molecule has 1 amide bonds. The molecule has 0 aromatic heterocycles. The summed E-state index contributed by atoms with van der Waals surface area (Å²) in [6.07, 6.45) is 0.358. The van der Waals surface area contributed by atoms with E-state index in [1.165, 1.54) is 12.1 Å². The predicted octanol–water partition coefficient (Wildman–Crippen LogP) is 1.64. The molecule has 0 aliphatic rings. The first-order chi connectivity index (χ1) is 12.0. The van der Waals surface area contributed by atoms with E-state index in [0.29, 0.717) is 17.7 Å². The van der Waals surface area contributed by atoms with Crippen LogP contribution in [0.1, 0.15) is 17.5 Å². The van der Waals surface area contributed by atoms with E-state index in [-0.39, 0.29) is 24.8 Å². The van der Waals surface area contributed by atoms with Crippen molar-refractivity contribution in [3.05, 3.63) is 65.5 Å². The van der Waals surface area contributed by atoms with Crippen LogP contribution in [0, 0.1) is 12.7 Å². The number of rotatable bonds is 8. The van der Waals surface area contributed by atoms with Gasteiger partial charge in [0.25, 0.3) is 0 Å². The molecule has 0 aliphatic heterocycles. The van der Waals surface area contributed by atoms with Crippen LogP contribution in [0.15, 0.2) is 48.5 Å². The molecule has 0 aliphatic carbocycles. The first-order valence-electron chi connectivity index (χ1n) is 8.04. The van der Waals surface area contributed by atoms with Gasteiger partial charge in [-0.25, -0.2) is 4.39 Å². The highest BCUT2D eigenvalue weighted by Gasteiger charge is 2.25. The molecule has 1 atom stereocenters. The van der Waals surface area contributed by atoms with E-state index < -0.39 is 13.1 Å². The highest BCUT2D eigenvalue weighted by atomic mass is 19.1. The molecule has 0 bridgehead atoms. The molecule has 132 valence electrons. The van der Waals surface area contributed by atoms with Crippen molar-refractivity contribution in [3.63, 3.8) is 0 Å². The summed E-state index contributed by atoms with van der Waals surface area (Å²) in [6.45, 7) is 1.74. The fraction of sp³-hybridized carbons (Fsp3) is 0.278. The first kappa shape index (κ1) is 19.0. The van der Waals surface area contributed by atoms with Crippen LogP contribution in [-0.4, -0.2) is 35.6 Å². The maximum atomic E-state index is 13.2. The third-order valence-corrected chi connectivity index (χ3v) is 3.73. The number of halogens is 1. The number of nitrogens with one attached hydrogen (secondary N) is 1. The van der Waals surface area contributed by atoms with Gasteiger partial charge in [0.1, 0.15) is 11.6 Å². The van der Waals surface area contributed by atoms with Crippen LogP contribution in [0.25, 0.3) is 0 Å². The van der Waals surface area contributed by atoms with Crippen molar-refractivity contribution < 1.29 is 24.0 Å². The van der Waals surface area contributed by atoms with Gasteiger partial charge in [0, 0.05) is 0 Å². The van der Waals surface area contributed by atoms with Crippen molar-refractivity contribution in [2.45, 2.75) is 25.7 Å². The van der Waals surface area contributed by atoms with Gasteiger partial charge in [0.15, 0.2) is 0 Å². The van der Waals surface area contributed by atoms with Gasteiger partial charge in [-0.05, 0) is 42.7 Å². The Morgan fingerprint density at radius 2 is 1.96 bits per heavy atom. The zero-order valence-electron chi connectivity index (χ0n) is 14.0. The van der Waals surface area contributed by atoms with Crippen molar-refractivity contribution in [2.24, 2.45) is 0 Å². The fourth-order valence-corrected chi connectivity index (χ4v) is 2.35. The van der Waals surface area contributed by atoms with Gasteiger partial charge in [0.05, 0.1) is 19.0 Å². The molecule has 1 unspecified atom stereocenters. The Bertz CT molecular complexity index is 697. The molecule has 0 heterocycles. The number of carbonyl (C=O) groups is 1. The van der Waals surface area contributed by atoms with Crippen molar-refractivity contribution in [2.75, 3.05) is 6.61 Å². The summed E-state index contributed by atoms with van der Waals surface area (Å²) in [5.41, 5.74) is 1.35. The minimum absolute atomic E-state index is 0.0500. The second-order valence-corrected chi connectivity index (χ2v) is 5.79. The third-order valence-electron chi connectivity index (χ3n) is 3.73. The predicted molar refractivity (Wildman–Crippen MR) is 93.5 cm³/mol. The van der Waals surface area contributed by atoms with Gasteiger partial charge in [0.2, 0.25) is 5.91 Å². The molecular formula is C18H21BFNO4. The lowest BCUT2D eigenvalue weighted by Gasteiger charge is -2.18.